The number of rotatable bonds is 5. The highest BCUT2D eigenvalue weighted by molar-refractivity contribution is 5.80. The van der Waals surface area contributed by atoms with Crippen LogP contribution in [-0.2, 0) is 4.79 Å². The second kappa shape index (κ2) is 6.88. The molecular weight excluding hydrogens is 252 g/mol. The number of carbonyl (C=O) groups is 1. The fraction of sp³-hybridized carbons (Fsp3) is 0.733. The second-order valence-electron chi connectivity index (χ2n) is 5.41. The number of hydrogen-bond acceptors (Lipinski definition) is 3. The molecule has 2 rings (SSSR count). The Hall–Kier alpha value is -1.36. The molecule has 0 saturated carbocycles. The quantitative estimate of drug-likeness (QED) is 0.897. The zero-order valence-corrected chi connectivity index (χ0v) is 12.8. The molecule has 1 saturated heterocycles. The normalized spacial score (nSPS) is 20.6. The summed E-state index contributed by atoms with van der Waals surface area (Å²) in [6, 6.07) is 0.148. The standard InChI is InChI=1S/C15H26N4O/c1-4-18(5-2)15(20)12(3)19-11-16-10-14(19)13-8-6-7-9-17-13/h10-13,17H,4-9H2,1-3H3. The minimum atomic E-state index is -0.184. The highest BCUT2D eigenvalue weighted by Gasteiger charge is 2.25. The summed E-state index contributed by atoms with van der Waals surface area (Å²) < 4.78 is 2.03. The van der Waals surface area contributed by atoms with E-state index in [2.05, 4.69) is 10.3 Å². The highest BCUT2D eigenvalue weighted by Crippen LogP contribution is 2.25. The molecule has 2 unspecified atom stereocenters. The lowest BCUT2D eigenvalue weighted by Gasteiger charge is -2.28. The number of nitrogens with one attached hydrogen (secondary N) is 1. The van der Waals surface area contributed by atoms with Gasteiger partial charge in [-0.05, 0) is 40.2 Å². The molecule has 1 aromatic heterocycles. The maximum atomic E-state index is 12.5. The molecule has 1 N–H and O–H groups in total. The zero-order valence-electron chi connectivity index (χ0n) is 12.8. The number of likely N-dealkylation sites (N-methyl/N-ethyl adjacent to an activating group) is 1. The van der Waals surface area contributed by atoms with Gasteiger partial charge in [0.25, 0.3) is 0 Å². The summed E-state index contributed by atoms with van der Waals surface area (Å²) in [6.07, 6.45) is 7.28. The maximum absolute atomic E-state index is 12.5. The fourth-order valence-corrected chi connectivity index (χ4v) is 2.93. The Bertz CT molecular complexity index is 433. The molecule has 0 bridgehead atoms. The van der Waals surface area contributed by atoms with Crippen LogP contribution >= 0.6 is 0 Å². The molecule has 1 aromatic rings. The van der Waals surface area contributed by atoms with E-state index in [4.69, 9.17) is 0 Å². The van der Waals surface area contributed by atoms with Gasteiger partial charge < -0.3 is 14.8 Å². The van der Waals surface area contributed by atoms with Gasteiger partial charge in [-0.15, -0.1) is 0 Å². The Labute approximate surface area is 121 Å². The van der Waals surface area contributed by atoms with E-state index in [1.165, 1.54) is 12.8 Å². The lowest BCUT2D eigenvalue weighted by molar-refractivity contribution is -0.133. The van der Waals surface area contributed by atoms with Crippen LogP contribution in [0.5, 0.6) is 0 Å². The van der Waals surface area contributed by atoms with Crippen molar-refractivity contribution in [1.82, 2.24) is 19.8 Å². The van der Waals surface area contributed by atoms with Crippen LogP contribution in [0.1, 0.15) is 57.8 Å². The summed E-state index contributed by atoms with van der Waals surface area (Å²) in [5.41, 5.74) is 1.14. The van der Waals surface area contributed by atoms with Gasteiger partial charge in [-0.25, -0.2) is 4.98 Å². The number of imidazole rings is 1. The Balaban J connectivity index is 2.16. The van der Waals surface area contributed by atoms with Gasteiger partial charge in [0.2, 0.25) is 5.91 Å². The SMILES string of the molecule is CCN(CC)C(=O)C(C)n1cncc1C1CCCCN1. The van der Waals surface area contributed by atoms with Crippen molar-refractivity contribution < 1.29 is 4.79 Å². The molecule has 20 heavy (non-hydrogen) atoms. The first-order valence-electron chi connectivity index (χ1n) is 7.72. The average molecular weight is 278 g/mol. The number of nitrogens with zero attached hydrogens (tertiary/aromatic N) is 3. The third-order valence-corrected chi connectivity index (χ3v) is 4.21. The molecule has 5 nitrogen and oxygen atoms in total. The van der Waals surface area contributed by atoms with Crippen LogP contribution in [0, 0.1) is 0 Å². The van der Waals surface area contributed by atoms with Crippen LogP contribution in [0.15, 0.2) is 12.5 Å². The monoisotopic (exact) mass is 278 g/mol. The van der Waals surface area contributed by atoms with E-state index in [0.717, 1.165) is 31.7 Å². The molecule has 0 aliphatic carbocycles. The van der Waals surface area contributed by atoms with Crippen LogP contribution < -0.4 is 5.32 Å². The fourth-order valence-electron chi connectivity index (χ4n) is 2.93. The van der Waals surface area contributed by atoms with Crippen LogP contribution in [0.4, 0.5) is 0 Å². The van der Waals surface area contributed by atoms with E-state index in [9.17, 15) is 4.79 Å². The van der Waals surface area contributed by atoms with Gasteiger partial charge in [0.15, 0.2) is 0 Å². The molecule has 1 fully saturated rings. The summed E-state index contributed by atoms with van der Waals surface area (Å²) in [4.78, 5) is 18.6. The van der Waals surface area contributed by atoms with Crippen molar-refractivity contribution in [3.05, 3.63) is 18.2 Å². The number of carbonyl (C=O) groups excluding carboxylic acids is 1. The summed E-state index contributed by atoms with van der Waals surface area (Å²) in [6.45, 7) is 8.57. The Morgan fingerprint density at radius 1 is 1.50 bits per heavy atom. The third kappa shape index (κ3) is 3.03. The van der Waals surface area contributed by atoms with Crippen molar-refractivity contribution in [3.63, 3.8) is 0 Å². The smallest absolute Gasteiger partial charge is 0.245 e. The van der Waals surface area contributed by atoms with E-state index >= 15 is 0 Å². The number of amides is 1. The van der Waals surface area contributed by atoms with E-state index in [1.807, 2.05) is 36.4 Å². The molecule has 1 amide bonds. The molecule has 0 aromatic carbocycles. The minimum absolute atomic E-state index is 0.171. The second-order valence-corrected chi connectivity index (χ2v) is 5.41. The summed E-state index contributed by atoms with van der Waals surface area (Å²) in [7, 11) is 0. The zero-order chi connectivity index (χ0) is 14.5. The van der Waals surface area contributed by atoms with Gasteiger partial charge in [-0.3, -0.25) is 4.79 Å². The Morgan fingerprint density at radius 3 is 2.85 bits per heavy atom. The van der Waals surface area contributed by atoms with E-state index in [-0.39, 0.29) is 11.9 Å². The first kappa shape index (κ1) is 15.0. The molecule has 1 aliphatic heterocycles. The van der Waals surface area contributed by atoms with Crippen LogP contribution in [0.2, 0.25) is 0 Å². The Kier molecular flexibility index (Phi) is 5.17. The maximum Gasteiger partial charge on any atom is 0.245 e. The molecule has 2 heterocycles. The van der Waals surface area contributed by atoms with Crippen molar-refractivity contribution in [3.8, 4) is 0 Å². The first-order chi connectivity index (χ1) is 9.69. The number of aromatic nitrogens is 2. The van der Waals surface area contributed by atoms with Crippen molar-refractivity contribution >= 4 is 5.91 Å². The van der Waals surface area contributed by atoms with Gasteiger partial charge in [0.1, 0.15) is 6.04 Å². The number of piperidine rings is 1. The summed E-state index contributed by atoms with van der Waals surface area (Å²) in [5.74, 6) is 0.171. The highest BCUT2D eigenvalue weighted by atomic mass is 16.2. The molecule has 0 spiro atoms. The largest absolute Gasteiger partial charge is 0.341 e. The van der Waals surface area contributed by atoms with Crippen molar-refractivity contribution in [2.75, 3.05) is 19.6 Å². The minimum Gasteiger partial charge on any atom is -0.341 e. The molecule has 2 atom stereocenters. The molecular formula is C15H26N4O. The van der Waals surface area contributed by atoms with Gasteiger partial charge >= 0.3 is 0 Å². The predicted molar refractivity (Wildman–Crippen MR) is 79.5 cm³/mol. The molecule has 1 aliphatic rings. The average Bonchev–Trinajstić information content (AvgIpc) is 2.98. The van der Waals surface area contributed by atoms with E-state index < -0.39 is 0 Å². The van der Waals surface area contributed by atoms with Crippen LogP contribution in [0.25, 0.3) is 0 Å². The van der Waals surface area contributed by atoms with Crippen LogP contribution in [0.3, 0.4) is 0 Å². The first-order valence-corrected chi connectivity index (χ1v) is 7.72. The third-order valence-electron chi connectivity index (χ3n) is 4.21. The van der Waals surface area contributed by atoms with Gasteiger partial charge in [-0.2, -0.15) is 0 Å². The molecule has 112 valence electrons. The number of hydrogen-bond donors (Lipinski definition) is 1. The topological polar surface area (TPSA) is 50.2 Å². The van der Waals surface area contributed by atoms with Gasteiger partial charge in [0, 0.05) is 25.3 Å². The van der Waals surface area contributed by atoms with E-state index in [0.29, 0.717) is 6.04 Å². The van der Waals surface area contributed by atoms with E-state index in [1.54, 1.807) is 6.33 Å². The summed E-state index contributed by atoms with van der Waals surface area (Å²) >= 11 is 0. The lowest BCUT2D eigenvalue weighted by Crippen LogP contribution is -2.37. The predicted octanol–water partition coefficient (Wildman–Crippen LogP) is 2.13. The van der Waals surface area contributed by atoms with Crippen molar-refractivity contribution in [2.24, 2.45) is 0 Å². The summed E-state index contributed by atoms with van der Waals surface area (Å²) in [5, 5.41) is 3.53. The molecule has 5 heteroatoms. The van der Waals surface area contributed by atoms with Gasteiger partial charge in [0.05, 0.1) is 12.0 Å². The van der Waals surface area contributed by atoms with Gasteiger partial charge in [-0.1, -0.05) is 6.42 Å². The Morgan fingerprint density at radius 2 is 2.25 bits per heavy atom. The van der Waals surface area contributed by atoms with Crippen LogP contribution in [-0.4, -0.2) is 40.0 Å². The van der Waals surface area contributed by atoms with Crippen molar-refractivity contribution in [2.45, 2.75) is 52.1 Å². The van der Waals surface area contributed by atoms with Crippen molar-refractivity contribution in [1.29, 1.82) is 0 Å². The molecule has 0 radical (unpaired) electrons. The lowest BCUT2D eigenvalue weighted by atomic mass is 10.0.